The minimum Gasteiger partial charge on any atom is -0.481 e. The van der Waals surface area contributed by atoms with Gasteiger partial charge in [0.15, 0.2) is 0 Å². The lowest BCUT2D eigenvalue weighted by atomic mass is 10.0. The first-order valence-corrected chi connectivity index (χ1v) is 12.2. The van der Waals surface area contributed by atoms with Crippen LogP contribution in [-0.2, 0) is 38.6 Å². The van der Waals surface area contributed by atoms with Crippen LogP contribution >= 0.6 is 0 Å². The summed E-state index contributed by atoms with van der Waals surface area (Å²) in [4.78, 5) is 63.2. The number of carbonyl (C=O) groups is 5. The van der Waals surface area contributed by atoms with Crippen LogP contribution < -0.4 is 26.7 Å². The van der Waals surface area contributed by atoms with Crippen LogP contribution in [-0.4, -0.2) is 59.4 Å². The zero-order valence-corrected chi connectivity index (χ0v) is 20.8. The number of hydrogen-bond donors (Lipinski definition) is 5. The van der Waals surface area contributed by atoms with Gasteiger partial charge >= 0.3 is 18.1 Å². The Morgan fingerprint density at radius 1 is 1.13 bits per heavy atom. The predicted molar refractivity (Wildman–Crippen MR) is 139 cm³/mol. The fourth-order valence-corrected chi connectivity index (χ4v) is 4.68. The molecule has 2 aromatic rings. The van der Waals surface area contributed by atoms with Crippen LogP contribution in [0.25, 0.3) is 0 Å². The highest BCUT2D eigenvalue weighted by Crippen LogP contribution is 2.39. The Balaban J connectivity index is 1.51. The van der Waals surface area contributed by atoms with Crippen LogP contribution in [0.1, 0.15) is 29.5 Å². The number of aliphatic carboxylic acids is 1. The van der Waals surface area contributed by atoms with Crippen LogP contribution in [0, 0.1) is 0 Å². The van der Waals surface area contributed by atoms with Crippen LogP contribution in [0.15, 0.2) is 53.6 Å². The van der Waals surface area contributed by atoms with Crippen molar-refractivity contribution < 1.29 is 33.8 Å². The number of nitrogens with two attached hydrogens (primary N) is 1. The molecule has 0 aromatic heterocycles. The molecule has 0 fully saturated rings. The smallest absolute Gasteiger partial charge is 0.408 e. The number of alkyl carbamates (subject to hydrolysis) is 1. The van der Waals surface area contributed by atoms with Crippen LogP contribution in [0.2, 0.25) is 0 Å². The number of anilines is 1. The van der Waals surface area contributed by atoms with Crippen molar-refractivity contribution in [2.24, 2.45) is 10.8 Å². The Morgan fingerprint density at radius 3 is 2.59 bits per heavy atom. The SMILES string of the molecule is NC(=O)N/N=C/[C@H](CC(=O)O)NC(=O)[C@@H]1Cc2cccc3c2N1C(=O)[C@@H](NC(=O)OCc1ccccc1)CC3. The van der Waals surface area contributed by atoms with Gasteiger partial charge in [0.2, 0.25) is 11.8 Å². The quantitative estimate of drug-likeness (QED) is 0.231. The van der Waals surface area contributed by atoms with Crippen molar-refractivity contribution >= 4 is 41.8 Å². The molecule has 2 aromatic carbocycles. The second-order valence-corrected chi connectivity index (χ2v) is 9.12. The number of amides is 5. The van der Waals surface area contributed by atoms with E-state index < -0.39 is 54.5 Å². The second kappa shape index (κ2) is 12.1. The maximum absolute atomic E-state index is 13.7. The summed E-state index contributed by atoms with van der Waals surface area (Å²) in [5.41, 5.74) is 9.96. The Morgan fingerprint density at radius 2 is 1.87 bits per heavy atom. The maximum atomic E-state index is 13.7. The Kier molecular flexibility index (Phi) is 8.39. The van der Waals surface area contributed by atoms with Crippen molar-refractivity contribution in [3.8, 4) is 0 Å². The van der Waals surface area contributed by atoms with Crippen molar-refractivity contribution in [2.75, 3.05) is 4.90 Å². The number of carboxylic acids is 1. The first-order chi connectivity index (χ1) is 18.7. The minimum atomic E-state index is -1.22. The van der Waals surface area contributed by atoms with Crippen LogP contribution in [0.5, 0.6) is 0 Å². The van der Waals surface area contributed by atoms with E-state index in [0.717, 1.165) is 22.9 Å². The zero-order chi connectivity index (χ0) is 27.9. The molecule has 0 radical (unpaired) electrons. The van der Waals surface area contributed by atoms with E-state index in [-0.39, 0.29) is 13.0 Å². The number of benzene rings is 2. The molecule has 5 amide bonds. The summed E-state index contributed by atoms with van der Waals surface area (Å²) in [5, 5.41) is 18.0. The Hall–Kier alpha value is -4.94. The number of hydrogen-bond acceptors (Lipinski definition) is 7. The standard InChI is InChI=1S/C26H28N6O7/c27-25(37)31-28-13-18(12-21(33)34)29-23(35)20-11-17-8-4-7-16-9-10-19(24(36)32(20)22(16)17)30-26(38)39-14-15-5-2-1-3-6-15/h1-8,13,18-20H,9-12,14H2,(H,29,35)(H,30,38)(H,33,34)(H3,27,31,37)/b28-13+/t18-,19-,20-/m0/s1. The van der Waals surface area contributed by atoms with Gasteiger partial charge in [-0.15, -0.1) is 0 Å². The number of para-hydroxylation sites is 1. The third-order valence-electron chi connectivity index (χ3n) is 6.37. The average Bonchev–Trinajstić information content (AvgIpc) is 3.23. The third-order valence-corrected chi connectivity index (χ3v) is 6.37. The molecule has 3 atom stereocenters. The Labute approximate surface area is 223 Å². The summed E-state index contributed by atoms with van der Waals surface area (Å²) in [7, 11) is 0. The van der Waals surface area contributed by atoms with Gasteiger partial charge in [0.05, 0.1) is 18.2 Å². The number of carbonyl (C=O) groups excluding carboxylic acids is 4. The van der Waals surface area contributed by atoms with Crippen molar-refractivity contribution in [3.05, 3.63) is 65.2 Å². The van der Waals surface area contributed by atoms with E-state index >= 15 is 0 Å². The van der Waals surface area contributed by atoms with Gasteiger partial charge in [-0.25, -0.2) is 15.0 Å². The number of ether oxygens (including phenoxy) is 1. The molecule has 2 heterocycles. The summed E-state index contributed by atoms with van der Waals surface area (Å²) in [6.45, 7) is 0.0316. The van der Waals surface area contributed by atoms with E-state index in [9.17, 15) is 29.1 Å². The monoisotopic (exact) mass is 536 g/mol. The molecule has 13 nitrogen and oxygen atoms in total. The van der Waals surface area contributed by atoms with E-state index in [1.165, 1.54) is 4.90 Å². The molecule has 0 saturated carbocycles. The summed E-state index contributed by atoms with van der Waals surface area (Å²) in [6, 6.07) is 10.6. The average molecular weight is 537 g/mol. The van der Waals surface area contributed by atoms with Gasteiger partial charge in [-0.1, -0.05) is 48.5 Å². The lowest BCUT2D eigenvalue weighted by Gasteiger charge is -2.28. The third kappa shape index (κ3) is 6.69. The minimum absolute atomic E-state index is 0.0316. The summed E-state index contributed by atoms with van der Waals surface area (Å²) in [6.07, 6.45) is 0.739. The fourth-order valence-electron chi connectivity index (χ4n) is 4.68. The first kappa shape index (κ1) is 27.1. The number of nitrogens with zero attached hydrogens (tertiary/aromatic N) is 2. The molecule has 0 spiro atoms. The molecule has 0 bridgehead atoms. The van der Waals surface area contributed by atoms with E-state index in [1.54, 1.807) is 0 Å². The number of hydrazone groups is 1. The molecule has 0 unspecified atom stereocenters. The number of carboxylic acid groups (broad SMARTS) is 1. The number of urea groups is 1. The van der Waals surface area contributed by atoms with Gasteiger partial charge < -0.3 is 26.2 Å². The molecule has 204 valence electrons. The summed E-state index contributed by atoms with van der Waals surface area (Å²) < 4.78 is 5.29. The van der Waals surface area contributed by atoms with E-state index in [1.807, 2.05) is 54.0 Å². The highest BCUT2D eigenvalue weighted by Gasteiger charge is 2.44. The molecule has 2 aliphatic rings. The number of aryl methyl sites for hydroxylation is 1. The molecule has 13 heteroatoms. The molecule has 39 heavy (non-hydrogen) atoms. The predicted octanol–water partition coefficient (Wildman–Crippen LogP) is 0.799. The molecule has 6 N–H and O–H groups in total. The molecular weight excluding hydrogens is 508 g/mol. The lowest BCUT2D eigenvalue weighted by Crippen LogP contribution is -2.56. The van der Waals surface area contributed by atoms with Gasteiger partial charge in [0.25, 0.3) is 0 Å². The summed E-state index contributed by atoms with van der Waals surface area (Å²) >= 11 is 0. The highest BCUT2D eigenvalue weighted by molar-refractivity contribution is 6.08. The van der Waals surface area contributed by atoms with E-state index in [0.29, 0.717) is 18.5 Å². The highest BCUT2D eigenvalue weighted by atomic mass is 16.5. The largest absolute Gasteiger partial charge is 0.481 e. The summed E-state index contributed by atoms with van der Waals surface area (Å²) in [5.74, 6) is -2.31. The molecule has 2 aliphatic heterocycles. The molecule has 0 aliphatic carbocycles. The Bertz CT molecular complexity index is 1300. The van der Waals surface area contributed by atoms with Crippen molar-refractivity contribution in [1.82, 2.24) is 16.1 Å². The lowest BCUT2D eigenvalue weighted by molar-refractivity contribution is -0.137. The van der Waals surface area contributed by atoms with Gasteiger partial charge in [0.1, 0.15) is 18.7 Å². The van der Waals surface area contributed by atoms with Crippen molar-refractivity contribution in [3.63, 3.8) is 0 Å². The van der Waals surface area contributed by atoms with Gasteiger partial charge in [-0.05, 0) is 29.5 Å². The number of nitrogens with one attached hydrogen (secondary N) is 3. The normalized spacial score (nSPS) is 18.6. The van der Waals surface area contributed by atoms with Crippen molar-refractivity contribution in [1.29, 1.82) is 0 Å². The topological polar surface area (TPSA) is 193 Å². The van der Waals surface area contributed by atoms with Gasteiger partial charge in [0, 0.05) is 12.6 Å². The maximum Gasteiger partial charge on any atom is 0.408 e. The van der Waals surface area contributed by atoms with E-state index in [4.69, 9.17) is 10.5 Å². The first-order valence-electron chi connectivity index (χ1n) is 12.2. The molecular formula is C26H28N6O7. The molecule has 0 saturated heterocycles. The van der Waals surface area contributed by atoms with Gasteiger partial charge in [-0.3, -0.25) is 19.3 Å². The fraction of sp³-hybridized carbons (Fsp3) is 0.308. The molecule has 4 rings (SSSR count). The van der Waals surface area contributed by atoms with Crippen molar-refractivity contribution in [2.45, 2.75) is 50.4 Å². The van der Waals surface area contributed by atoms with Crippen LogP contribution in [0.3, 0.4) is 0 Å². The van der Waals surface area contributed by atoms with Crippen LogP contribution in [0.4, 0.5) is 15.3 Å². The number of primary amides is 1. The zero-order valence-electron chi connectivity index (χ0n) is 20.8. The second-order valence-electron chi connectivity index (χ2n) is 9.12. The van der Waals surface area contributed by atoms with Gasteiger partial charge in [-0.2, -0.15) is 5.10 Å². The van der Waals surface area contributed by atoms with E-state index in [2.05, 4.69) is 15.7 Å². The number of rotatable bonds is 9.